The molecule has 2 amide bonds. The maximum atomic E-state index is 14.0. The number of carbonyl (C=O) groups is 2. The van der Waals surface area contributed by atoms with Gasteiger partial charge in [-0.15, -0.1) is 0 Å². The standard InChI is InChI=1S/C24H25ClFN3O2.C18H22BrN3O2.C6H5BClFO2/c1-29-21(30)24(28-22(29)27)20-11-14(16-9-17(25)12-18(26)10-16)3-4-15(20)13-23(24)7-5-19(31-2)6-8-23;1-22-15(23)18(21-16(22)20)14-9-12(19)4-3-11(14)10-17(18)7-5-13(24-2)6-8-17;8-5-1-4(7(10)11)2-6(9)3-5/h3-4,9-12,19H,5-8,13H2,1-2H3,(H2,27,28);3-4,9,13H,5-8,10H2,1-2H3,(H2,20,21);1-3,10-11H. The fourth-order valence-electron chi connectivity index (χ4n) is 11.4. The Kier molecular flexibility index (Phi) is 13.3. The number of aliphatic imine (C=N–C) groups is 2. The second kappa shape index (κ2) is 18.2. The SMILES string of the molecule is COC1CCC2(CC1)Cc1ccc(-c3cc(F)cc(Cl)c3)cc1C21N=C(N)N(C)C1=O.COC1CCC2(CC1)Cc1ccc(Br)cc1C21N=C(N)N(C)C1=O.OB(O)c1cc(F)cc(Cl)c1. The van der Waals surface area contributed by atoms with Crippen molar-refractivity contribution in [1.82, 2.24) is 9.80 Å². The Hall–Kier alpha value is -4.42. The van der Waals surface area contributed by atoms with E-state index in [9.17, 15) is 18.4 Å². The molecule has 2 atom stereocenters. The number of fused-ring (bicyclic) bond motifs is 6. The predicted molar refractivity (Wildman–Crippen MR) is 255 cm³/mol. The number of ether oxygens (including phenoxy) is 2. The highest BCUT2D eigenvalue weighted by molar-refractivity contribution is 9.10. The number of carbonyl (C=O) groups excluding carboxylic acids is 2. The largest absolute Gasteiger partial charge is 0.488 e. The van der Waals surface area contributed by atoms with E-state index in [1.165, 1.54) is 33.6 Å². The van der Waals surface area contributed by atoms with Gasteiger partial charge in [-0.25, -0.2) is 18.8 Å². The summed E-state index contributed by atoms with van der Waals surface area (Å²) in [6.07, 6.45) is 9.31. The van der Waals surface area contributed by atoms with Gasteiger partial charge in [0.15, 0.2) is 23.0 Å². The van der Waals surface area contributed by atoms with Crippen molar-refractivity contribution in [2.45, 2.75) is 87.5 Å². The first kappa shape index (κ1) is 48.1. The van der Waals surface area contributed by atoms with Gasteiger partial charge in [0.25, 0.3) is 11.8 Å². The van der Waals surface area contributed by atoms with Crippen molar-refractivity contribution >= 4 is 75.4 Å². The Balaban J connectivity index is 0.000000149. The number of halogens is 5. The molecule has 2 saturated carbocycles. The number of methoxy groups -OCH3 is 2. The number of benzene rings is 4. The summed E-state index contributed by atoms with van der Waals surface area (Å²) in [5.41, 5.74) is 15.5. The van der Waals surface area contributed by atoms with Crippen molar-refractivity contribution in [3.63, 3.8) is 0 Å². The van der Waals surface area contributed by atoms with E-state index in [2.05, 4.69) is 28.1 Å². The second-order valence-electron chi connectivity index (χ2n) is 18.3. The molecule has 0 aromatic heterocycles. The first-order valence-electron chi connectivity index (χ1n) is 21.9. The lowest BCUT2D eigenvalue weighted by Gasteiger charge is -2.45. The van der Waals surface area contributed by atoms with Crippen LogP contribution in [0.2, 0.25) is 10.0 Å². The summed E-state index contributed by atoms with van der Waals surface area (Å²) in [5, 5.41) is 17.7. The smallest absolute Gasteiger partial charge is 0.423 e. The van der Waals surface area contributed by atoms with E-state index < -0.39 is 29.8 Å². The molecule has 2 fully saturated rings. The normalized spacial score (nSPS) is 28.3. The third kappa shape index (κ3) is 8.03. The zero-order chi connectivity index (χ0) is 47.5. The molecule has 2 unspecified atom stereocenters. The van der Waals surface area contributed by atoms with Crippen LogP contribution >= 0.6 is 39.1 Å². The predicted octanol–water partition coefficient (Wildman–Crippen LogP) is 6.98. The Morgan fingerprint density at radius 3 is 1.56 bits per heavy atom. The summed E-state index contributed by atoms with van der Waals surface area (Å²) in [5.74, 6) is -0.500. The number of hydrogen-bond acceptors (Lipinski definition) is 10. The van der Waals surface area contributed by atoms with E-state index in [4.69, 9.17) is 64.2 Å². The first-order valence-corrected chi connectivity index (χ1v) is 23.4. The summed E-state index contributed by atoms with van der Waals surface area (Å²) < 4.78 is 38.6. The van der Waals surface area contributed by atoms with Gasteiger partial charge >= 0.3 is 7.12 Å². The Morgan fingerprint density at radius 2 is 1.14 bits per heavy atom. The van der Waals surface area contributed by atoms with E-state index >= 15 is 0 Å². The number of nitrogens with zero attached hydrogens (tertiary/aromatic N) is 4. The van der Waals surface area contributed by atoms with E-state index in [0.29, 0.717) is 16.5 Å². The molecule has 6 N–H and O–H groups in total. The van der Waals surface area contributed by atoms with Crippen molar-refractivity contribution < 1.29 is 37.9 Å². The number of amides is 2. The molecule has 18 heteroatoms. The minimum absolute atomic E-state index is 0.00715. The van der Waals surface area contributed by atoms with Crippen LogP contribution in [0.1, 0.15) is 73.6 Å². The van der Waals surface area contributed by atoms with E-state index in [0.717, 1.165) is 103 Å². The zero-order valence-corrected chi connectivity index (χ0v) is 40.2. The van der Waals surface area contributed by atoms with Crippen LogP contribution in [-0.2, 0) is 43.0 Å². The molecule has 2 heterocycles. The molecule has 6 aliphatic rings. The maximum absolute atomic E-state index is 14.0. The second-order valence-corrected chi connectivity index (χ2v) is 20.1. The maximum Gasteiger partial charge on any atom is 0.488 e. The average Bonchev–Trinajstić information content (AvgIpc) is 3.88. The Labute approximate surface area is 401 Å². The molecule has 4 aromatic carbocycles. The molecule has 0 saturated heterocycles. The van der Waals surface area contributed by atoms with Crippen molar-refractivity contribution in [1.29, 1.82) is 0 Å². The van der Waals surface area contributed by atoms with Gasteiger partial charge < -0.3 is 31.0 Å². The van der Waals surface area contributed by atoms with Gasteiger partial charge in [0.2, 0.25) is 0 Å². The fraction of sp³-hybridized carbons (Fsp3) is 0.417. The third-order valence-corrected chi connectivity index (χ3v) is 15.8. The zero-order valence-electron chi connectivity index (χ0n) is 37.1. The van der Waals surface area contributed by atoms with Gasteiger partial charge in [0.1, 0.15) is 11.6 Å². The molecular formula is C48H52BBrCl2F2N6O6. The minimum Gasteiger partial charge on any atom is -0.423 e. The third-order valence-electron chi connectivity index (χ3n) is 14.9. The van der Waals surface area contributed by atoms with Crippen LogP contribution in [-0.4, -0.2) is 91.2 Å². The van der Waals surface area contributed by atoms with Crippen LogP contribution in [0.3, 0.4) is 0 Å². The highest BCUT2D eigenvalue weighted by Gasteiger charge is 2.67. The first-order chi connectivity index (χ1) is 31.3. The van der Waals surface area contributed by atoms with Gasteiger partial charge in [-0.05, 0) is 158 Å². The number of rotatable bonds is 4. The van der Waals surface area contributed by atoms with E-state index in [1.54, 1.807) is 34.4 Å². The Morgan fingerprint density at radius 1 is 0.682 bits per heavy atom. The number of likely N-dealkylation sites (N-methyl/N-ethyl adjacent to an activating group) is 2. The lowest BCUT2D eigenvalue weighted by molar-refractivity contribution is -0.138. The molecule has 66 heavy (non-hydrogen) atoms. The fourth-order valence-corrected chi connectivity index (χ4v) is 12.3. The molecule has 0 bridgehead atoms. The molecule has 4 aromatic rings. The van der Waals surface area contributed by atoms with Crippen LogP contribution in [0.4, 0.5) is 8.78 Å². The van der Waals surface area contributed by atoms with Crippen LogP contribution in [0.5, 0.6) is 0 Å². The van der Waals surface area contributed by atoms with Crippen LogP contribution < -0.4 is 16.9 Å². The summed E-state index contributed by atoms with van der Waals surface area (Å²) in [6, 6.07) is 20.1. The summed E-state index contributed by atoms with van der Waals surface area (Å²) >= 11 is 15.1. The monoisotopic (exact) mass is 1010 g/mol. The molecule has 2 aliphatic heterocycles. The number of guanidine groups is 2. The van der Waals surface area contributed by atoms with Crippen molar-refractivity contribution in [2.24, 2.45) is 32.3 Å². The topological polar surface area (TPSA) is 176 Å². The van der Waals surface area contributed by atoms with Crippen LogP contribution in [0.25, 0.3) is 11.1 Å². The lowest BCUT2D eigenvalue weighted by atomic mass is 9.61. The van der Waals surface area contributed by atoms with Crippen molar-refractivity contribution in [3.8, 4) is 11.1 Å². The Bertz CT molecular complexity index is 2600. The lowest BCUT2D eigenvalue weighted by Crippen LogP contribution is -2.51. The highest BCUT2D eigenvalue weighted by atomic mass is 79.9. The molecular weight excluding hydrogens is 956 g/mol. The van der Waals surface area contributed by atoms with Crippen LogP contribution in [0, 0.1) is 22.5 Å². The molecule has 4 aliphatic carbocycles. The summed E-state index contributed by atoms with van der Waals surface area (Å²) in [4.78, 5) is 39.7. The quantitative estimate of drug-likeness (QED) is 0.158. The highest BCUT2D eigenvalue weighted by Crippen LogP contribution is 2.63. The average molecular weight is 1010 g/mol. The van der Waals surface area contributed by atoms with Crippen LogP contribution in [0.15, 0.2) is 87.3 Å². The molecule has 12 nitrogen and oxygen atoms in total. The van der Waals surface area contributed by atoms with Gasteiger partial charge in [0.05, 0.1) is 12.2 Å². The minimum atomic E-state index is -1.68. The number of hydrogen-bond donors (Lipinski definition) is 4. The van der Waals surface area contributed by atoms with E-state index in [-0.39, 0.29) is 51.3 Å². The number of nitrogens with two attached hydrogens (primary N) is 2. The summed E-state index contributed by atoms with van der Waals surface area (Å²) in [7, 11) is 5.23. The summed E-state index contributed by atoms with van der Waals surface area (Å²) in [6.45, 7) is 0. The molecule has 10 rings (SSSR count). The molecule has 4 spiro atoms. The van der Waals surface area contributed by atoms with Gasteiger partial charge in [-0.1, -0.05) is 57.3 Å². The molecule has 0 radical (unpaired) electrons. The van der Waals surface area contributed by atoms with E-state index in [1.807, 2.05) is 24.3 Å². The van der Waals surface area contributed by atoms with Gasteiger partial charge in [-0.3, -0.25) is 19.4 Å². The van der Waals surface area contributed by atoms with Gasteiger partial charge in [0, 0.05) is 53.7 Å². The van der Waals surface area contributed by atoms with Crippen molar-refractivity contribution in [2.75, 3.05) is 28.3 Å². The van der Waals surface area contributed by atoms with Crippen molar-refractivity contribution in [3.05, 3.63) is 121 Å². The van der Waals surface area contributed by atoms with Gasteiger partial charge in [-0.2, -0.15) is 0 Å². The molecule has 348 valence electrons.